The second-order valence-corrected chi connectivity index (χ2v) is 4.04. The van der Waals surface area contributed by atoms with E-state index in [4.69, 9.17) is 0 Å². The third-order valence-corrected chi connectivity index (χ3v) is 2.51. The summed E-state index contributed by atoms with van der Waals surface area (Å²) in [6.07, 6.45) is 0.862. The van der Waals surface area contributed by atoms with Gasteiger partial charge in [-0.25, -0.2) is 8.78 Å². The molecular weight excluding hydrogens is 240 g/mol. The van der Waals surface area contributed by atoms with E-state index in [0.717, 1.165) is 18.6 Å². The molecule has 0 bridgehead atoms. The van der Waals surface area contributed by atoms with Crippen molar-refractivity contribution >= 4 is 5.97 Å². The first kappa shape index (κ1) is 14.6. The fraction of sp³-hybridized carbons (Fsp3) is 0.462. The molecule has 1 aromatic carbocycles. The SMILES string of the molecule is CCCN(CC(=O)OC)Cc1ccc(F)c(F)c1. The fourth-order valence-electron chi connectivity index (χ4n) is 1.67. The average Bonchev–Trinajstić information content (AvgIpc) is 2.34. The predicted octanol–water partition coefficient (Wildman–Crippen LogP) is 2.35. The van der Waals surface area contributed by atoms with E-state index in [2.05, 4.69) is 4.74 Å². The zero-order valence-corrected chi connectivity index (χ0v) is 10.6. The molecule has 0 amide bonds. The highest BCUT2D eigenvalue weighted by molar-refractivity contribution is 5.71. The summed E-state index contributed by atoms with van der Waals surface area (Å²) in [6.45, 7) is 3.20. The number of carbonyl (C=O) groups is 1. The van der Waals surface area contributed by atoms with Gasteiger partial charge in [0, 0.05) is 6.54 Å². The highest BCUT2D eigenvalue weighted by Crippen LogP contribution is 2.11. The quantitative estimate of drug-likeness (QED) is 0.733. The Kier molecular flexibility index (Phi) is 5.71. The van der Waals surface area contributed by atoms with Gasteiger partial charge in [-0.15, -0.1) is 0 Å². The average molecular weight is 257 g/mol. The fourth-order valence-corrected chi connectivity index (χ4v) is 1.67. The molecule has 0 N–H and O–H groups in total. The smallest absolute Gasteiger partial charge is 0.319 e. The number of carbonyl (C=O) groups excluding carboxylic acids is 1. The van der Waals surface area contributed by atoms with Crippen LogP contribution in [-0.2, 0) is 16.1 Å². The lowest BCUT2D eigenvalue weighted by Crippen LogP contribution is -2.30. The molecule has 0 saturated carbocycles. The van der Waals surface area contributed by atoms with Gasteiger partial charge in [0.05, 0.1) is 13.7 Å². The molecule has 3 nitrogen and oxygen atoms in total. The molecule has 18 heavy (non-hydrogen) atoms. The van der Waals surface area contributed by atoms with Gasteiger partial charge in [0.2, 0.25) is 0 Å². The van der Waals surface area contributed by atoms with Crippen molar-refractivity contribution in [1.29, 1.82) is 0 Å². The molecule has 100 valence electrons. The maximum atomic E-state index is 13.1. The van der Waals surface area contributed by atoms with Gasteiger partial charge in [-0.3, -0.25) is 9.69 Å². The second kappa shape index (κ2) is 7.06. The maximum Gasteiger partial charge on any atom is 0.319 e. The molecule has 1 rings (SSSR count). The summed E-state index contributed by atoms with van der Waals surface area (Å²) in [5.74, 6) is -2.08. The number of esters is 1. The molecule has 0 aromatic heterocycles. The number of benzene rings is 1. The van der Waals surface area contributed by atoms with E-state index in [9.17, 15) is 13.6 Å². The van der Waals surface area contributed by atoms with Gasteiger partial charge >= 0.3 is 5.97 Å². The van der Waals surface area contributed by atoms with E-state index in [-0.39, 0.29) is 12.5 Å². The topological polar surface area (TPSA) is 29.5 Å². The van der Waals surface area contributed by atoms with Gasteiger partial charge in [-0.1, -0.05) is 13.0 Å². The molecule has 1 aromatic rings. The molecule has 0 fully saturated rings. The molecule has 0 spiro atoms. The van der Waals surface area contributed by atoms with Crippen LogP contribution < -0.4 is 0 Å². The van der Waals surface area contributed by atoms with E-state index in [1.807, 2.05) is 11.8 Å². The van der Waals surface area contributed by atoms with Gasteiger partial charge in [-0.2, -0.15) is 0 Å². The Morgan fingerprint density at radius 1 is 1.33 bits per heavy atom. The number of ether oxygens (including phenoxy) is 1. The Labute approximate surface area is 105 Å². The molecule has 0 unspecified atom stereocenters. The van der Waals surface area contributed by atoms with Gasteiger partial charge in [0.15, 0.2) is 11.6 Å². The molecule has 0 atom stereocenters. The van der Waals surface area contributed by atoms with Crippen LogP contribution in [0.2, 0.25) is 0 Å². The Balaban J connectivity index is 2.69. The summed E-state index contributed by atoms with van der Waals surface area (Å²) in [4.78, 5) is 13.0. The third-order valence-electron chi connectivity index (χ3n) is 2.51. The van der Waals surface area contributed by atoms with Crippen molar-refractivity contribution in [1.82, 2.24) is 4.90 Å². The Hall–Kier alpha value is -1.49. The third kappa shape index (κ3) is 4.41. The van der Waals surface area contributed by atoms with Crippen LogP contribution in [0.15, 0.2) is 18.2 Å². The van der Waals surface area contributed by atoms with Gasteiger partial charge in [0.25, 0.3) is 0 Å². The second-order valence-electron chi connectivity index (χ2n) is 4.04. The van der Waals surface area contributed by atoms with Crippen LogP contribution in [0.5, 0.6) is 0 Å². The minimum absolute atomic E-state index is 0.142. The Morgan fingerprint density at radius 3 is 2.61 bits per heavy atom. The molecule has 0 heterocycles. The highest BCUT2D eigenvalue weighted by Gasteiger charge is 2.12. The first-order valence-corrected chi connectivity index (χ1v) is 5.80. The van der Waals surface area contributed by atoms with Gasteiger partial charge in [-0.05, 0) is 30.7 Å². The normalized spacial score (nSPS) is 10.7. The van der Waals surface area contributed by atoms with Crippen molar-refractivity contribution in [2.45, 2.75) is 19.9 Å². The number of nitrogens with zero attached hydrogens (tertiary/aromatic N) is 1. The van der Waals surface area contributed by atoms with Gasteiger partial charge in [0.1, 0.15) is 0 Å². The highest BCUT2D eigenvalue weighted by atomic mass is 19.2. The molecule has 0 saturated heterocycles. The van der Waals surface area contributed by atoms with Crippen LogP contribution >= 0.6 is 0 Å². The summed E-state index contributed by atoms with van der Waals surface area (Å²) in [5, 5.41) is 0. The Bertz CT molecular complexity index is 410. The first-order valence-electron chi connectivity index (χ1n) is 5.80. The Morgan fingerprint density at radius 2 is 2.06 bits per heavy atom. The van der Waals surface area contributed by atoms with Crippen LogP contribution in [0.1, 0.15) is 18.9 Å². The number of rotatable bonds is 6. The zero-order valence-electron chi connectivity index (χ0n) is 10.6. The van der Waals surface area contributed by atoms with Crippen molar-refractivity contribution in [3.63, 3.8) is 0 Å². The summed E-state index contributed by atoms with van der Waals surface area (Å²) >= 11 is 0. The van der Waals surface area contributed by atoms with E-state index < -0.39 is 11.6 Å². The van der Waals surface area contributed by atoms with Crippen molar-refractivity contribution in [2.75, 3.05) is 20.2 Å². The van der Waals surface area contributed by atoms with Crippen LogP contribution in [0.4, 0.5) is 8.78 Å². The maximum absolute atomic E-state index is 13.1. The van der Waals surface area contributed by atoms with Gasteiger partial charge < -0.3 is 4.74 Å². The zero-order chi connectivity index (χ0) is 13.5. The van der Waals surface area contributed by atoms with Crippen LogP contribution in [0.3, 0.4) is 0 Å². The molecule has 0 radical (unpaired) electrons. The molecule has 0 aliphatic carbocycles. The minimum atomic E-state index is -0.873. The number of hydrogen-bond donors (Lipinski definition) is 0. The molecular formula is C13H17F2NO2. The minimum Gasteiger partial charge on any atom is -0.468 e. The van der Waals surface area contributed by atoms with Crippen LogP contribution in [0, 0.1) is 11.6 Å². The standard InChI is InChI=1S/C13H17F2NO2/c1-3-6-16(9-13(17)18-2)8-10-4-5-11(14)12(15)7-10/h4-5,7H,3,6,8-9H2,1-2H3. The lowest BCUT2D eigenvalue weighted by atomic mass is 10.2. The largest absolute Gasteiger partial charge is 0.468 e. The van der Waals surface area contributed by atoms with Crippen molar-refractivity contribution < 1.29 is 18.3 Å². The summed E-state index contributed by atoms with van der Waals surface area (Å²) in [6, 6.07) is 3.75. The van der Waals surface area contributed by atoms with E-state index in [1.54, 1.807) is 0 Å². The molecule has 5 heteroatoms. The van der Waals surface area contributed by atoms with Crippen molar-refractivity contribution in [2.24, 2.45) is 0 Å². The van der Waals surface area contributed by atoms with Crippen molar-refractivity contribution in [3.8, 4) is 0 Å². The number of halogens is 2. The number of hydrogen-bond acceptors (Lipinski definition) is 3. The summed E-state index contributed by atoms with van der Waals surface area (Å²) in [7, 11) is 1.32. The summed E-state index contributed by atoms with van der Waals surface area (Å²) in [5.41, 5.74) is 0.631. The molecule has 0 aliphatic rings. The molecule has 0 aliphatic heterocycles. The van der Waals surface area contributed by atoms with E-state index in [0.29, 0.717) is 18.7 Å². The van der Waals surface area contributed by atoms with Crippen molar-refractivity contribution in [3.05, 3.63) is 35.4 Å². The lowest BCUT2D eigenvalue weighted by Gasteiger charge is -2.20. The lowest BCUT2D eigenvalue weighted by molar-refractivity contribution is -0.142. The van der Waals surface area contributed by atoms with E-state index >= 15 is 0 Å². The van der Waals surface area contributed by atoms with Crippen LogP contribution in [0.25, 0.3) is 0 Å². The predicted molar refractivity (Wildman–Crippen MR) is 63.9 cm³/mol. The summed E-state index contributed by atoms with van der Waals surface area (Å²) < 4.78 is 30.4. The van der Waals surface area contributed by atoms with Crippen LogP contribution in [-0.4, -0.2) is 31.1 Å². The first-order chi connectivity index (χ1) is 8.56. The van der Waals surface area contributed by atoms with E-state index in [1.165, 1.54) is 13.2 Å². The number of methoxy groups -OCH3 is 1. The monoisotopic (exact) mass is 257 g/mol.